The molecule has 0 saturated carbocycles. The van der Waals surface area contributed by atoms with Crippen LogP contribution in [0.3, 0.4) is 0 Å². The second-order valence-electron chi connectivity index (χ2n) is 17.0. The van der Waals surface area contributed by atoms with Crippen molar-refractivity contribution in [3.63, 3.8) is 0 Å². The third-order valence-electron chi connectivity index (χ3n) is 12.5. The smallest absolute Gasteiger partial charge is 0.251 e. The minimum atomic E-state index is -0.338. The number of rotatable bonds is 15. The van der Waals surface area contributed by atoms with Gasteiger partial charge in [0.2, 0.25) is 5.69 Å². The van der Waals surface area contributed by atoms with Crippen LogP contribution >= 0.6 is 0 Å². The number of carbonyl (C=O) groups is 2. The first-order valence-corrected chi connectivity index (χ1v) is 22.0. The fraction of sp³-hybridized carbons (Fsp3) is 0.340. The normalized spacial score (nSPS) is 17.7. The third-order valence-corrected chi connectivity index (χ3v) is 12.5. The van der Waals surface area contributed by atoms with Gasteiger partial charge in [0.15, 0.2) is 5.71 Å². The minimum absolute atomic E-state index is 0.0257. The molecular weight excluding hydrogens is 755 g/mol. The molecule has 2 amide bonds. The number of amides is 2. The number of hydrogen-bond acceptors (Lipinski definition) is 5. The Hall–Kier alpha value is -5.99. The van der Waals surface area contributed by atoms with E-state index in [1.807, 2.05) is 12.1 Å². The zero-order chi connectivity index (χ0) is 43.3. The van der Waals surface area contributed by atoms with Gasteiger partial charge in [-0.15, -0.1) is 0 Å². The molecule has 7 rings (SSSR count). The Morgan fingerprint density at radius 1 is 0.754 bits per heavy atom. The average Bonchev–Trinajstić information content (AvgIpc) is 3.84. The maximum absolute atomic E-state index is 13.1. The Labute approximate surface area is 363 Å². The van der Waals surface area contributed by atoms with Crippen LogP contribution in [0.2, 0.25) is 0 Å². The van der Waals surface area contributed by atoms with E-state index in [2.05, 4.69) is 183 Å². The summed E-state index contributed by atoms with van der Waals surface area (Å²) in [5.74, 6) is -0.117. The molecule has 0 unspecified atom stereocenters. The van der Waals surface area contributed by atoms with Crippen molar-refractivity contribution >= 4 is 40.3 Å². The van der Waals surface area contributed by atoms with Crippen molar-refractivity contribution in [1.29, 1.82) is 0 Å². The van der Waals surface area contributed by atoms with Crippen molar-refractivity contribution in [3.8, 4) is 0 Å². The van der Waals surface area contributed by atoms with Crippen LogP contribution in [0.15, 0.2) is 144 Å². The van der Waals surface area contributed by atoms with E-state index in [9.17, 15) is 9.59 Å². The highest BCUT2D eigenvalue weighted by Crippen LogP contribution is 2.49. The molecule has 4 aromatic rings. The first-order chi connectivity index (χ1) is 29.5. The molecule has 0 radical (unpaired) electrons. The van der Waals surface area contributed by atoms with Crippen molar-refractivity contribution in [2.45, 2.75) is 78.6 Å². The SMILES string of the molecule is CCCNC(=O)c1ccc2c(c1)C(C)(C)C(/C=C/C1=C(N(c3ccccc3)c3ccccc3)C(=C/C=C3/N(CC)c4ccc(C(=O)NCCOC)cc4C3(C)C)/CC1)=[N+]2CC. The second-order valence-corrected chi connectivity index (χ2v) is 17.0. The first-order valence-electron chi connectivity index (χ1n) is 22.0. The Morgan fingerprint density at radius 2 is 1.38 bits per heavy atom. The van der Waals surface area contributed by atoms with E-state index in [0.717, 1.165) is 60.7 Å². The standard InChI is InChI=1S/C53H61N5O3/c1-9-32-54-50(59)39-24-28-45-43(35-39)52(4,5)47(56(45)10-2)30-26-37-22-23-38(49(37)58(41-18-14-12-15-19-41)42-20-16-13-17-21-42)27-31-48-53(6,7)44-36-40(51(60)55-33-34-61-8)25-29-46(44)57(48)11-3/h12-21,24-31,35-36H,9-11,22-23,32-34H2,1-8H3,(H-,54,55,59,60)/p+1. The van der Waals surface area contributed by atoms with Crippen molar-refractivity contribution in [1.82, 2.24) is 10.6 Å². The number of benzene rings is 4. The van der Waals surface area contributed by atoms with Crippen molar-refractivity contribution in [3.05, 3.63) is 166 Å². The van der Waals surface area contributed by atoms with Gasteiger partial charge in [0.25, 0.3) is 11.8 Å². The zero-order valence-corrected chi connectivity index (χ0v) is 37.3. The fourth-order valence-electron chi connectivity index (χ4n) is 9.27. The monoisotopic (exact) mass is 816 g/mol. The summed E-state index contributed by atoms with van der Waals surface area (Å²) in [6.45, 7) is 18.7. The number of hydrogen-bond donors (Lipinski definition) is 2. The maximum Gasteiger partial charge on any atom is 0.251 e. The lowest BCUT2D eigenvalue weighted by atomic mass is 9.80. The molecule has 4 aromatic carbocycles. The van der Waals surface area contributed by atoms with Gasteiger partial charge in [0, 0.05) is 83.8 Å². The highest BCUT2D eigenvalue weighted by Gasteiger charge is 2.44. The van der Waals surface area contributed by atoms with Crippen molar-refractivity contribution in [2.75, 3.05) is 49.7 Å². The number of methoxy groups -OCH3 is 1. The number of likely N-dealkylation sites (N-methyl/N-ethyl adjacent to an activating group) is 1. The average molecular weight is 817 g/mol. The van der Waals surface area contributed by atoms with E-state index in [-0.39, 0.29) is 22.6 Å². The first kappa shape index (κ1) is 43.1. The Morgan fingerprint density at radius 3 is 1.98 bits per heavy atom. The molecule has 61 heavy (non-hydrogen) atoms. The lowest BCUT2D eigenvalue weighted by molar-refractivity contribution is -0.433. The van der Waals surface area contributed by atoms with Gasteiger partial charge in [-0.1, -0.05) is 69.3 Å². The van der Waals surface area contributed by atoms with Gasteiger partial charge in [0.05, 0.1) is 17.7 Å². The number of carbonyl (C=O) groups excluding carboxylic acids is 2. The summed E-state index contributed by atoms with van der Waals surface area (Å²) < 4.78 is 7.55. The predicted octanol–water partition coefficient (Wildman–Crippen LogP) is 10.7. The van der Waals surface area contributed by atoms with Gasteiger partial charge < -0.3 is 25.2 Å². The molecule has 2 heterocycles. The number of nitrogens with one attached hydrogen (secondary N) is 2. The van der Waals surface area contributed by atoms with Crippen molar-refractivity contribution < 1.29 is 18.9 Å². The molecule has 0 spiro atoms. The summed E-state index contributed by atoms with van der Waals surface area (Å²) in [4.78, 5) is 31.0. The van der Waals surface area contributed by atoms with Gasteiger partial charge in [0.1, 0.15) is 6.54 Å². The number of para-hydroxylation sites is 2. The van der Waals surface area contributed by atoms with Crippen LogP contribution in [0, 0.1) is 0 Å². The van der Waals surface area contributed by atoms with Gasteiger partial charge in [-0.05, 0) is 124 Å². The van der Waals surface area contributed by atoms with Crippen LogP contribution in [0.5, 0.6) is 0 Å². The number of nitrogens with zero attached hydrogens (tertiary/aromatic N) is 3. The summed E-state index contributed by atoms with van der Waals surface area (Å²) in [5.41, 5.74) is 13.6. The van der Waals surface area contributed by atoms with Crippen LogP contribution in [0.1, 0.15) is 99.6 Å². The third kappa shape index (κ3) is 8.38. The lowest BCUT2D eigenvalue weighted by Gasteiger charge is -2.29. The summed E-state index contributed by atoms with van der Waals surface area (Å²) in [5, 5.41) is 6.04. The summed E-state index contributed by atoms with van der Waals surface area (Å²) in [7, 11) is 1.64. The minimum Gasteiger partial charge on any atom is -0.383 e. The molecule has 3 aliphatic rings. The molecule has 0 atom stereocenters. The van der Waals surface area contributed by atoms with Crippen LogP contribution in [0.25, 0.3) is 0 Å². The number of allylic oxidation sites excluding steroid dienone is 7. The topological polar surface area (TPSA) is 76.9 Å². The molecule has 316 valence electrons. The molecule has 0 saturated heterocycles. The highest BCUT2D eigenvalue weighted by atomic mass is 16.5. The van der Waals surface area contributed by atoms with Gasteiger partial charge in [-0.3, -0.25) is 9.59 Å². The Kier molecular flexibility index (Phi) is 12.9. The molecule has 8 heteroatoms. The molecule has 0 fully saturated rings. The Bertz CT molecular complexity index is 2400. The molecule has 0 aromatic heterocycles. The maximum atomic E-state index is 13.1. The lowest BCUT2D eigenvalue weighted by Crippen LogP contribution is -2.28. The summed E-state index contributed by atoms with van der Waals surface area (Å²) in [6.07, 6.45) is 12.0. The predicted molar refractivity (Wildman–Crippen MR) is 251 cm³/mol. The van der Waals surface area contributed by atoms with Gasteiger partial charge in [-0.2, -0.15) is 4.58 Å². The van der Waals surface area contributed by atoms with Crippen LogP contribution < -0.4 is 20.4 Å². The van der Waals surface area contributed by atoms with Crippen LogP contribution in [-0.2, 0) is 15.6 Å². The molecule has 0 bridgehead atoms. The van der Waals surface area contributed by atoms with E-state index in [4.69, 9.17) is 4.74 Å². The Balaban J connectivity index is 1.33. The highest BCUT2D eigenvalue weighted by molar-refractivity contribution is 6.04. The molecule has 1 aliphatic carbocycles. The molecule has 8 nitrogen and oxygen atoms in total. The fourth-order valence-corrected chi connectivity index (χ4v) is 9.27. The van der Waals surface area contributed by atoms with Gasteiger partial charge in [-0.25, -0.2) is 0 Å². The summed E-state index contributed by atoms with van der Waals surface area (Å²) in [6, 6.07) is 33.6. The molecule has 2 aliphatic heterocycles. The van der Waals surface area contributed by atoms with Gasteiger partial charge >= 0.3 is 0 Å². The van der Waals surface area contributed by atoms with Crippen LogP contribution in [-0.4, -0.2) is 62.0 Å². The second kappa shape index (κ2) is 18.3. The quantitative estimate of drug-likeness (QED) is 0.0923. The summed E-state index contributed by atoms with van der Waals surface area (Å²) >= 11 is 0. The molecule has 2 N–H and O–H groups in total. The van der Waals surface area contributed by atoms with E-state index in [0.29, 0.717) is 30.8 Å². The largest absolute Gasteiger partial charge is 0.383 e. The molecular formula is C53H62N5O3+. The number of anilines is 3. The van der Waals surface area contributed by atoms with E-state index < -0.39 is 0 Å². The number of ether oxygens (including phenoxy) is 1. The number of fused-ring (bicyclic) bond motifs is 2. The van der Waals surface area contributed by atoms with Crippen molar-refractivity contribution in [2.24, 2.45) is 0 Å². The van der Waals surface area contributed by atoms with E-state index in [1.165, 1.54) is 33.8 Å². The van der Waals surface area contributed by atoms with Crippen LogP contribution in [0.4, 0.5) is 22.7 Å². The van der Waals surface area contributed by atoms with E-state index >= 15 is 0 Å². The van der Waals surface area contributed by atoms with E-state index in [1.54, 1.807) is 7.11 Å². The zero-order valence-electron chi connectivity index (χ0n) is 37.3.